The van der Waals surface area contributed by atoms with E-state index in [1.807, 2.05) is 24.3 Å². The standard InChI is InChI=1S/C14H19ClN2O/c1-14(2,3)8-10(15)9-16-13-17-11-6-4-5-7-12(11)18-13/h4-7,10H,8-9H2,1-3H3,(H,16,17). The summed E-state index contributed by atoms with van der Waals surface area (Å²) >= 11 is 6.28. The Balaban J connectivity index is 1.94. The largest absolute Gasteiger partial charge is 0.424 e. The highest BCUT2D eigenvalue weighted by molar-refractivity contribution is 6.20. The van der Waals surface area contributed by atoms with Gasteiger partial charge in [0.15, 0.2) is 5.58 Å². The first-order valence-electron chi connectivity index (χ1n) is 6.17. The normalized spacial score (nSPS) is 13.8. The van der Waals surface area contributed by atoms with Gasteiger partial charge in [0.1, 0.15) is 5.52 Å². The summed E-state index contributed by atoms with van der Waals surface area (Å²) in [6, 6.07) is 8.24. The van der Waals surface area contributed by atoms with Crippen LogP contribution < -0.4 is 5.32 Å². The lowest BCUT2D eigenvalue weighted by Gasteiger charge is -2.21. The molecule has 1 N–H and O–H groups in total. The van der Waals surface area contributed by atoms with Crippen molar-refractivity contribution in [3.05, 3.63) is 24.3 Å². The van der Waals surface area contributed by atoms with Gasteiger partial charge in [-0.2, -0.15) is 4.98 Å². The molecule has 1 aromatic heterocycles. The maximum atomic E-state index is 6.28. The fourth-order valence-electron chi connectivity index (χ4n) is 1.88. The molecule has 0 aliphatic rings. The Morgan fingerprint density at radius 3 is 2.72 bits per heavy atom. The second kappa shape index (κ2) is 5.19. The molecular formula is C14H19ClN2O. The Labute approximate surface area is 113 Å². The lowest BCUT2D eigenvalue weighted by Crippen LogP contribution is -2.20. The number of aromatic nitrogens is 1. The van der Waals surface area contributed by atoms with Crippen molar-refractivity contribution >= 4 is 28.7 Å². The lowest BCUT2D eigenvalue weighted by molar-refractivity contribution is 0.373. The summed E-state index contributed by atoms with van der Waals surface area (Å²) in [7, 11) is 0. The van der Waals surface area contributed by atoms with Gasteiger partial charge in [-0.25, -0.2) is 0 Å². The van der Waals surface area contributed by atoms with Gasteiger partial charge in [0.05, 0.1) is 5.38 Å². The number of para-hydroxylation sites is 2. The third kappa shape index (κ3) is 3.64. The molecule has 98 valence electrons. The molecule has 2 aromatic rings. The molecule has 0 saturated carbocycles. The number of fused-ring (bicyclic) bond motifs is 1. The average molecular weight is 267 g/mol. The molecule has 2 rings (SSSR count). The molecule has 0 amide bonds. The van der Waals surface area contributed by atoms with Crippen molar-refractivity contribution in [2.75, 3.05) is 11.9 Å². The SMILES string of the molecule is CC(C)(C)CC(Cl)CNc1nc2ccccc2o1. The minimum absolute atomic E-state index is 0.0695. The summed E-state index contributed by atoms with van der Waals surface area (Å²) < 4.78 is 5.57. The summed E-state index contributed by atoms with van der Waals surface area (Å²) in [6.07, 6.45) is 0.946. The van der Waals surface area contributed by atoms with Crippen LogP contribution in [-0.4, -0.2) is 16.9 Å². The fourth-order valence-corrected chi connectivity index (χ4v) is 2.42. The zero-order valence-electron chi connectivity index (χ0n) is 11.0. The summed E-state index contributed by atoms with van der Waals surface area (Å²) in [5.41, 5.74) is 1.89. The second-order valence-corrected chi connectivity index (χ2v) is 6.35. The van der Waals surface area contributed by atoms with E-state index in [1.165, 1.54) is 0 Å². The molecule has 0 fully saturated rings. The highest BCUT2D eigenvalue weighted by atomic mass is 35.5. The maximum absolute atomic E-state index is 6.28. The Morgan fingerprint density at radius 1 is 1.33 bits per heavy atom. The van der Waals surface area contributed by atoms with Gasteiger partial charge < -0.3 is 9.73 Å². The van der Waals surface area contributed by atoms with Crippen LogP contribution in [0.15, 0.2) is 28.7 Å². The van der Waals surface area contributed by atoms with E-state index in [4.69, 9.17) is 16.0 Å². The molecule has 4 heteroatoms. The predicted molar refractivity (Wildman–Crippen MR) is 76.2 cm³/mol. The van der Waals surface area contributed by atoms with E-state index in [2.05, 4.69) is 31.1 Å². The fraction of sp³-hybridized carbons (Fsp3) is 0.500. The van der Waals surface area contributed by atoms with Crippen molar-refractivity contribution in [1.29, 1.82) is 0 Å². The summed E-state index contributed by atoms with van der Waals surface area (Å²) in [6.45, 7) is 7.21. The van der Waals surface area contributed by atoms with Gasteiger partial charge in [0.25, 0.3) is 6.01 Å². The number of nitrogens with one attached hydrogen (secondary N) is 1. The monoisotopic (exact) mass is 266 g/mol. The van der Waals surface area contributed by atoms with Crippen LogP contribution in [0.2, 0.25) is 0 Å². The van der Waals surface area contributed by atoms with Gasteiger partial charge in [-0.3, -0.25) is 0 Å². The van der Waals surface area contributed by atoms with Gasteiger partial charge in [-0.05, 0) is 24.0 Å². The third-order valence-corrected chi connectivity index (χ3v) is 2.91. The molecule has 0 bridgehead atoms. The highest BCUT2D eigenvalue weighted by Gasteiger charge is 2.17. The molecular weight excluding hydrogens is 248 g/mol. The molecule has 18 heavy (non-hydrogen) atoms. The van der Waals surface area contributed by atoms with Crippen molar-refractivity contribution in [1.82, 2.24) is 4.98 Å². The van der Waals surface area contributed by atoms with E-state index in [0.717, 1.165) is 17.5 Å². The van der Waals surface area contributed by atoms with Crippen LogP contribution in [-0.2, 0) is 0 Å². The number of alkyl halides is 1. The number of rotatable bonds is 4. The number of hydrogen-bond donors (Lipinski definition) is 1. The number of benzene rings is 1. The molecule has 0 saturated heterocycles. The molecule has 0 spiro atoms. The van der Waals surface area contributed by atoms with Gasteiger partial charge >= 0.3 is 0 Å². The topological polar surface area (TPSA) is 38.1 Å². The molecule has 1 aromatic carbocycles. The first-order valence-corrected chi connectivity index (χ1v) is 6.61. The van der Waals surface area contributed by atoms with E-state index in [1.54, 1.807) is 0 Å². The summed E-state index contributed by atoms with van der Waals surface area (Å²) in [5, 5.41) is 3.22. The van der Waals surface area contributed by atoms with Gasteiger partial charge in [0.2, 0.25) is 0 Å². The van der Waals surface area contributed by atoms with E-state index in [0.29, 0.717) is 12.6 Å². The van der Waals surface area contributed by atoms with E-state index < -0.39 is 0 Å². The Kier molecular flexibility index (Phi) is 3.81. The van der Waals surface area contributed by atoms with Crippen molar-refractivity contribution < 1.29 is 4.42 Å². The molecule has 3 nitrogen and oxygen atoms in total. The molecule has 0 aliphatic carbocycles. The molecule has 1 unspecified atom stereocenters. The Morgan fingerprint density at radius 2 is 2.06 bits per heavy atom. The molecule has 1 heterocycles. The van der Waals surface area contributed by atoms with Crippen LogP contribution in [0.1, 0.15) is 27.2 Å². The lowest BCUT2D eigenvalue weighted by atomic mass is 9.90. The average Bonchev–Trinajstić information content (AvgIpc) is 2.66. The van der Waals surface area contributed by atoms with Gasteiger partial charge in [0, 0.05) is 6.54 Å². The van der Waals surface area contributed by atoms with E-state index >= 15 is 0 Å². The summed E-state index contributed by atoms with van der Waals surface area (Å²) in [4.78, 5) is 4.34. The first-order chi connectivity index (χ1) is 8.44. The predicted octanol–water partition coefficient (Wildman–Crippen LogP) is 4.28. The third-order valence-electron chi connectivity index (χ3n) is 2.60. The quantitative estimate of drug-likeness (QED) is 0.839. The zero-order valence-corrected chi connectivity index (χ0v) is 11.8. The van der Waals surface area contributed by atoms with Crippen LogP contribution in [0, 0.1) is 5.41 Å². The minimum atomic E-state index is 0.0695. The number of nitrogens with zero attached hydrogens (tertiary/aromatic N) is 1. The van der Waals surface area contributed by atoms with Crippen molar-refractivity contribution in [3.8, 4) is 0 Å². The van der Waals surface area contributed by atoms with E-state index in [9.17, 15) is 0 Å². The number of anilines is 1. The Hall–Kier alpha value is -1.22. The number of hydrogen-bond acceptors (Lipinski definition) is 3. The summed E-state index contributed by atoms with van der Waals surface area (Å²) in [5.74, 6) is 0. The smallest absolute Gasteiger partial charge is 0.295 e. The molecule has 0 aliphatic heterocycles. The van der Waals surface area contributed by atoms with Crippen LogP contribution in [0.4, 0.5) is 6.01 Å². The molecule has 0 radical (unpaired) electrons. The molecule has 1 atom stereocenters. The number of oxazole rings is 1. The van der Waals surface area contributed by atoms with Crippen LogP contribution in [0.3, 0.4) is 0 Å². The van der Waals surface area contributed by atoms with E-state index in [-0.39, 0.29) is 10.8 Å². The first kappa shape index (κ1) is 13.2. The second-order valence-electron chi connectivity index (χ2n) is 5.73. The van der Waals surface area contributed by atoms with Gasteiger partial charge in [-0.1, -0.05) is 32.9 Å². The maximum Gasteiger partial charge on any atom is 0.295 e. The van der Waals surface area contributed by atoms with Crippen LogP contribution >= 0.6 is 11.6 Å². The van der Waals surface area contributed by atoms with Crippen molar-refractivity contribution in [2.24, 2.45) is 5.41 Å². The minimum Gasteiger partial charge on any atom is -0.424 e. The zero-order chi connectivity index (χ0) is 13.2. The number of halogens is 1. The Bertz CT molecular complexity index is 483. The van der Waals surface area contributed by atoms with Crippen molar-refractivity contribution in [3.63, 3.8) is 0 Å². The van der Waals surface area contributed by atoms with Crippen molar-refractivity contribution in [2.45, 2.75) is 32.6 Å². The highest BCUT2D eigenvalue weighted by Crippen LogP contribution is 2.24. The van der Waals surface area contributed by atoms with Crippen LogP contribution in [0.5, 0.6) is 0 Å². The van der Waals surface area contributed by atoms with Gasteiger partial charge in [-0.15, -0.1) is 11.6 Å². The van der Waals surface area contributed by atoms with Crippen LogP contribution in [0.25, 0.3) is 11.1 Å².